The van der Waals surface area contributed by atoms with Gasteiger partial charge >= 0.3 is 5.97 Å². The zero-order valence-corrected chi connectivity index (χ0v) is 15.2. The number of fused-ring (bicyclic) bond motifs is 1. The Morgan fingerprint density at radius 1 is 1.19 bits per heavy atom. The maximum Gasteiger partial charge on any atom is 0.355 e. The third kappa shape index (κ3) is 3.27. The molecule has 0 aliphatic carbocycles. The van der Waals surface area contributed by atoms with Crippen LogP contribution in [0.15, 0.2) is 24.3 Å². The van der Waals surface area contributed by atoms with Crippen LogP contribution in [0.5, 0.6) is 0 Å². The number of carbonyl (C=O) groups excluding carboxylic acids is 3. The second-order valence-electron chi connectivity index (χ2n) is 6.53. The molecule has 1 aromatic heterocycles. The fourth-order valence-corrected chi connectivity index (χ4v) is 3.55. The van der Waals surface area contributed by atoms with E-state index in [0.717, 1.165) is 24.1 Å². The Hall–Kier alpha value is -2.89. The molecule has 0 atom stereocenters. The van der Waals surface area contributed by atoms with Gasteiger partial charge in [-0.05, 0) is 50.8 Å². The van der Waals surface area contributed by atoms with Crippen molar-refractivity contribution in [2.75, 3.05) is 18.1 Å². The van der Waals surface area contributed by atoms with E-state index in [0.29, 0.717) is 23.4 Å². The van der Waals surface area contributed by atoms with E-state index in [9.17, 15) is 14.4 Å². The molecule has 0 fully saturated rings. The van der Waals surface area contributed by atoms with E-state index < -0.39 is 5.97 Å². The van der Waals surface area contributed by atoms with Crippen LogP contribution in [0.3, 0.4) is 0 Å². The molecule has 1 aliphatic rings. The van der Waals surface area contributed by atoms with E-state index >= 15 is 0 Å². The summed E-state index contributed by atoms with van der Waals surface area (Å²) in [7, 11) is 0. The molecule has 0 unspecified atom stereocenters. The van der Waals surface area contributed by atoms with Crippen molar-refractivity contribution < 1.29 is 19.1 Å². The van der Waals surface area contributed by atoms with Gasteiger partial charge in [0.25, 0.3) is 5.91 Å². The molecule has 0 spiro atoms. The fraction of sp³-hybridized carbons (Fsp3) is 0.350. The van der Waals surface area contributed by atoms with Crippen LogP contribution in [0.2, 0.25) is 0 Å². The Bertz CT molecular complexity index is 882. The average Bonchev–Trinajstić information content (AvgIpc) is 2.93. The Labute approximate surface area is 152 Å². The van der Waals surface area contributed by atoms with Gasteiger partial charge in [0, 0.05) is 23.5 Å². The number of Topliss-reactive ketones (excluding diaryl/α,β-unsaturated/α-hetero) is 1. The number of ether oxygens (including phenoxy) is 1. The normalized spacial score (nSPS) is 13.3. The Morgan fingerprint density at radius 3 is 2.62 bits per heavy atom. The smallest absolute Gasteiger partial charge is 0.355 e. The predicted octanol–water partition coefficient (Wildman–Crippen LogP) is 2.97. The first-order valence-corrected chi connectivity index (χ1v) is 8.65. The molecule has 6 nitrogen and oxygen atoms in total. The lowest BCUT2D eigenvalue weighted by Crippen LogP contribution is -2.38. The molecule has 0 saturated carbocycles. The van der Waals surface area contributed by atoms with Crippen molar-refractivity contribution in [3.05, 3.63) is 52.3 Å². The summed E-state index contributed by atoms with van der Waals surface area (Å²) in [6.07, 6.45) is 1.82. The van der Waals surface area contributed by atoms with E-state index in [2.05, 4.69) is 4.98 Å². The Morgan fingerprint density at radius 2 is 1.92 bits per heavy atom. The number of ketones is 1. The minimum atomic E-state index is -0.628. The number of rotatable bonds is 4. The maximum absolute atomic E-state index is 12.5. The number of para-hydroxylation sites is 1. The van der Waals surface area contributed by atoms with Crippen molar-refractivity contribution in [3.63, 3.8) is 0 Å². The van der Waals surface area contributed by atoms with E-state index in [4.69, 9.17) is 4.74 Å². The van der Waals surface area contributed by atoms with Crippen molar-refractivity contribution in [1.82, 2.24) is 4.98 Å². The molecular formula is C20H22N2O4. The standard InChI is InChI=1S/C20H22N2O4/c1-12-18(14(3)23)13(2)21-19(12)20(25)26-11-17(24)22-10-6-8-15-7-4-5-9-16(15)22/h4-5,7,9,21H,6,8,10-11H2,1-3H3. The number of hydrogen-bond acceptors (Lipinski definition) is 4. The molecule has 1 aliphatic heterocycles. The molecule has 1 N–H and O–H groups in total. The van der Waals surface area contributed by atoms with Gasteiger partial charge in [0.2, 0.25) is 0 Å². The van der Waals surface area contributed by atoms with Crippen molar-refractivity contribution in [3.8, 4) is 0 Å². The van der Waals surface area contributed by atoms with Crippen LogP contribution in [0.25, 0.3) is 0 Å². The number of anilines is 1. The predicted molar refractivity (Wildman–Crippen MR) is 97.7 cm³/mol. The summed E-state index contributed by atoms with van der Waals surface area (Å²) in [4.78, 5) is 41.1. The lowest BCUT2D eigenvalue weighted by molar-refractivity contribution is -0.121. The van der Waals surface area contributed by atoms with Crippen molar-refractivity contribution >= 4 is 23.3 Å². The third-order valence-corrected chi connectivity index (χ3v) is 4.73. The lowest BCUT2D eigenvalue weighted by atomic mass is 10.0. The fourth-order valence-electron chi connectivity index (χ4n) is 3.55. The molecule has 6 heteroatoms. The van der Waals surface area contributed by atoms with Crippen LogP contribution < -0.4 is 4.90 Å². The van der Waals surface area contributed by atoms with E-state index in [1.165, 1.54) is 6.92 Å². The van der Waals surface area contributed by atoms with Gasteiger partial charge in [0.15, 0.2) is 12.4 Å². The summed E-state index contributed by atoms with van der Waals surface area (Å²) >= 11 is 0. The van der Waals surface area contributed by atoms with E-state index in [1.807, 2.05) is 24.3 Å². The molecule has 2 aromatic rings. The third-order valence-electron chi connectivity index (χ3n) is 4.73. The highest BCUT2D eigenvalue weighted by molar-refractivity contribution is 6.02. The molecule has 26 heavy (non-hydrogen) atoms. The second kappa shape index (κ2) is 7.15. The number of aryl methyl sites for hydroxylation is 2. The van der Waals surface area contributed by atoms with Gasteiger partial charge in [-0.25, -0.2) is 4.79 Å². The van der Waals surface area contributed by atoms with Crippen LogP contribution in [-0.4, -0.2) is 35.8 Å². The molecule has 1 aromatic carbocycles. The van der Waals surface area contributed by atoms with Crippen LogP contribution in [0.4, 0.5) is 5.69 Å². The van der Waals surface area contributed by atoms with Crippen LogP contribution in [0.1, 0.15) is 51.0 Å². The van der Waals surface area contributed by atoms with Crippen LogP contribution >= 0.6 is 0 Å². The monoisotopic (exact) mass is 354 g/mol. The molecule has 0 bridgehead atoms. The molecule has 2 heterocycles. The Kier molecular flexibility index (Phi) is 4.93. The van der Waals surface area contributed by atoms with Gasteiger partial charge in [-0.15, -0.1) is 0 Å². The zero-order valence-electron chi connectivity index (χ0n) is 15.2. The van der Waals surface area contributed by atoms with Gasteiger partial charge in [0.05, 0.1) is 0 Å². The lowest BCUT2D eigenvalue weighted by Gasteiger charge is -2.29. The van der Waals surface area contributed by atoms with Crippen molar-refractivity contribution in [2.24, 2.45) is 0 Å². The number of nitrogens with one attached hydrogen (secondary N) is 1. The molecule has 0 radical (unpaired) electrons. The minimum absolute atomic E-state index is 0.115. The van der Waals surface area contributed by atoms with Gasteiger partial charge in [-0.1, -0.05) is 18.2 Å². The summed E-state index contributed by atoms with van der Waals surface area (Å²) in [5, 5.41) is 0. The largest absolute Gasteiger partial charge is 0.451 e. The molecule has 3 rings (SSSR count). The topological polar surface area (TPSA) is 79.5 Å². The van der Waals surface area contributed by atoms with Crippen molar-refractivity contribution in [1.29, 1.82) is 0 Å². The molecule has 1 amide bonds. The highest BCUT2D eigenvalue weighted by Gasteiger charge is 2.25. The summed E-state index contributed by atoms with van der Waals surface area (Å²) in [5.74, 6) is -0.994. The molecule has 136 valence electrons. The number of nitrogens with zero attached hydrogens (tertiary/aromatic N) is 1. The average molecular weight is 354 g/mol. The van der Waals surface area contributed by atoms with Crippen LogP contribution in [-0.2, 0) is 16.0 Å². The number of hydrogen-bond donors (Lipinski definition) is 1. The summed E-state index contributed by atoms with van der Waals surface area (Å²) in [6.45, 7) is 5.16. The molecule has 0 saturated heterocycles. The van der Waals surface area contributed by atoms with Gasteiger partial charge < -0.3 is 14.6 Å². The number of amides is 1. The summed E-state index contributed by atoms with van der Waals surface area (Å²) in [5.41, 5.74) is 3.90. The highest BCUT2D eigenvalue weighted by Crippen LogP contribution is 2.26. The Balaban J connectivity index is 1.70. The van der Waals surface area contributed by atoms with Crippen molar-refractivity contribution in [2.45, 2.75) is 33.6 Å². The first-order valence-electron chi connectivity index (χ1n) is 8.65. The highest BCUT2D eigenvalue weighted by atomic mass is 16.5. The van der Waals surface area contributed by atoms with E-state index in [1.54, 1.807) is 18.7 Å². The number of aromatic nitrogens is 1. The van der Waals surface area contributed by atoms with E-state index in [-0.39, 0.29) is 24.0 Å². The number of esters is 1. The van der Waals surface area contributed by atoms with Crippen LogP contribution in [0, 0.1) is 13.8 Å². The quantitative estimate of drug-likeness (QED) is 0.676. The van der Waals surface area contributed by atoms with Gasteiger partial charge in [0.1, 0.15) is 5.69 Å². The number of benzene rings is 1. The zero-order chi connectivity index (χ0) is 18.8. The second-order valence-corrected chi connectivity index (χ2v) is 6.53. The molecular weight excluding hydrogens is 332 g/mol. The number of carbonyl (C=O) groups is 3. The first kappa shape index (κ1) is 17.9. The summed E-state index contributed by atoms with van der Waals surface area (Å²) < 4.78 is 5.21. The first-order chi connectivity index (χ1) is 12.4. The summed E-state index contributed by atoms with van der Waals surface area (Å²) in [6, 6.07) is 7.77. The SMILES string of the molecule is CC(=O)c1c(C)[nH]c(C(=O)OCC(=O)N2CCCc3ccccc32)c1C. The minimum Gasteiger partial charge on any atom is -0.451 e. The maximum atomic E-state index is 12.5. The number of H-pyrrole nitrogens is 1. The van der Waals surface area contributed by atoms with Gasteiger partial charge in [-0.2, -0.15) is 0 Å². The van der Waals surface area contributed by atoms with Gasteiger partial charge in [-0.3, -0.25) is 9.59 Å². The number of aromatic amines is 1.